The Hall–Kier alpha value is -1.36. The van der Waals surface area contributed by atoms with Crippen LogP contribution in [0.25, 0.3) is 0 Å². The summed E-state index contributed by atoms with van der Waals surface area (Å²) in [5.41, 5.74) is 2.62. The maximum Gasteiger partial charge on any atom is 0.150 e. The third-order valence-electron chi connectivity index (χ3n) is 5.22. The molecule has 2 N–H and O–H groups in total. The highest BCUT2D eigenvalue weighted by Gasteiger charge is 2.27. The Morgan fingerprint density at radius 1 is 1.22 bits per heavy atom. The molecule has 2 aliphatic heterocycles. The highest BCUT2D eigenvalue weighted by molar-refractivity contribution is 6.43. The predicted molar refractivity (Wildman–Crippen MR) is 116 cm³/mol. The number of unbranched alkanes of at least 4 members (excludes halogenated alkanes) is 1. The van der Waals surface area contributed by atoms with Gasteiger partial charge in [-0.3, -0.25) is 0 Å². The third-order valence-corrected chi connectivity index (χ3v) is 5.94. The van der Waals surface area contributed by atoms with Gasteiger partial charge in [0.15, 0.2) is 5.84 Å². The molecule has 1 saturated heterocycles. The Morgan fingerprint density at radius 3 is 2.70 bits per heavy atom. The van der Waals surface area contributed by atoms with E-state index < -0.39 is 0 Å². The molecule has 27 heavy (non-hydrogen) atoms. The van der Waals surface area contributed by atoms with E-state index in [1.54, 1.807) is 0 Å². The normalized spacial score (nSPS) is 21.0. The van der Waals surface area contributed by atoms with Crippen LogP contribution in [0.3, 0.4) is 0 Å². The van der Waals surface area contributed by atoms with Gasteiger partial charge in [-0.1, -0.05) is 48.7 Å². The number of benzene rings is 1. The number of nitrogens with one attached hydrogen (secondary N) is 2. The number of rotatable bonds is 4. The van der Waals surface area contributed by atoms with Crippen LogP contribution < -0.4 is 5.32 Å². The van der Waals surface area contributed by atoms with E-state index >= 15 is 0 Å². The minimum Gasteiger partial charge on any atom is -0.353 e. The number of amidine groups is 1. The molecule has 4 nitrogen and oxygen atoms in total. The van der Waals surface area contributed by atoms with Crippen molar-refractivity contribution in [2.75, 3.05) is 26.2 Å². The van der Waals surface area contributed by atoms with E-state index in [-0.39, 0.29) is 5.92 Å². The van der Waals surface area contributed by atoms with E-state index in [0.717, 1.165) is 75.4 Å². The van der Waals surface area contributed by atoms with Crippen molar-refractivity contribution in [1.29, 1.82) is 5.41 Å². The second-order valence-corrected chi connectivity index (χ2v) is 8.03. The number of hydrogen-bond acceptors (Lipinski definition) is 4. The van der Waals surface area contributed by atoms with Crippen molar-refractivity contribution < 1.29 is 0 Å². The number of halogens is 2. The van der Waals surface area contributed by atoms with Gasteiger partial charge in [0.2, 0.25) is 0 Å². The molecule has 1 unspecified atom stereocenters. The molecule has 146 valence electrons. The van der Waals surface area contributed by atoms with Crippen molar-refractivity contribution in [3.05, 3.63) is 39.9 Å². The zero-order valence-corrected chi connectivity index (χ0v) is 17.4. The maximum absolute atomic E-state index is 8.91. The summed E-state index contributed by atoms with van der Waals surface area (Å²) in [5.74, 6) is 0.971. The minimum atomic E-state index is 0.175. The fourth-order valence-corrected chi connectivity index (χ4v) is 3.96. The predicted octanol–water partition coefficient (Wildman–Crippen LogP) is 5.26. The second kappa shape index (κ2) is 9.72. The highest BCUT2D eigenvalue weighted by Crippen LogP contribution is 2.34. The van der Waals surface area contributed by atoms with Gasteiger partial charge in [0.1, 0.15) is 0 Å². The van der Waals surface area contributed by atoms with Gasteiger partial charge in [-0.05, 0) is 43.4 Å². The van der Waals surface area contributed by atoms with Crippen molar-refractivity contribution in [3.63, 3.8) is 0 Å². The van der Waals surface area contributed by atoms with Crippen LogP contribution in [-0.2, 0) is 6.42 Å². The lowest BCUT2D eigenvalue weighted by Gasteiger charge is -2.33. The lowest BCUT2D eigenvalue weighted by Crippen LogP contribution is -2.50. The fourth-order valence-electron chi connectivity index (χ4n) is 3.61. The highest BCUT2D eigenvalue weighted by atomic mass is 35.5. The maximum atomic E-state index is 8.91. The van der Waals surface area contributed by atoms with E-state index in [4.69, 9.17) is 33.6 Å². The monoisotopic (exact) mass is 406 g/mol. The van der Waals surface area contributed by atoms with Gasteiger partial charge in [-0.25, -0.2) is 4.99 Å². The Kier molecular flexibility index (Phi) is 7.33. The van der Waals surface area contributed by atoms with Crippen molar-refractivity contribution in [3.8, 4) is 0 Å². The number of hydrogen-bond donors (Lipinski definition) is 2. The van der Waals surface area contributed by atoms with Gasteiger partial charge in [-0.2, -0.15) is 0 Å². The summed E-state index contributed by atoms with van der Waals surface area (Å²) in [6.45, 7) is 5.76. The fraction of sp³-hybridized carbons (Fsp3) is 0.524. The molecule has 0 aliphatic carbocycles. The summed E-state index contributed by atoms with van der Waals surface area (Å²) in [6, 6.07) is 3.78. The molecule has 3 rings (SSSR count). The van der Waals surface area contributed by atoms with Crippen LogP contribution >= 0.6 is 23.2 Å². The van der Waals surface area contributed by atoms with Gasteiger partial charge in [0.05, 0.1) is 21.4 Å². The van der Waals surface area contributed by atoms with E-state index in [2.05, 4.69) is 29.3 Å². The number of allylic oxidation sites excluding steroid dienone is 2. The van der Waals surface area contributed by atoms with E-state index in [9.17, 15) is 0 Å². The SMILES string of the molecule is CCCC=CCC1CCc2cc(Cl)c(Cl)cc2N=C(N2CCNCC2)C1=N. The Balaban J connectivity index is 1.94. The molecule has 1 aromatic carbocycles. The topological polar surface area (TPSA) is 51.5 Å². The van der Waals surface area contributed by atoms with Crippen molar-refractivity contribution >= 4 is 40.4 Å². The molecule has 0 amide bonds. The molecular weight excluding hydrogens is 379 g/mol. The summed E-state index contributed by atoms with van der Waals surface area (Å²) >= 11 is 12.5. The van der Waals surface area contributed by atoms with Crippen molar-refractivity contribution in [1.82, 2.24) is 10.2 Å². The number of fused-ring (bicyclic) bond motifs is 1. The standard InChI is InChI=1S/C21H28Cl2N4/c1-2-3-4-5-6-15-7-8-16-13-17(22)18(23)14-19(16)26-21(20(15)24)27-11-9-25-10-12-27/h4-5,13-15,24-25H,2-3,6-12H2,1H3. The van der Waals surface area contributed by atoms with Crippen LogP contribution in [0.15, 0.2) is 29.3 Å². The largest absolute Gasteiger partial charge is 0.353 e. The number of nitrogens with zero attached hydrogens (tertiary/aromatic N) is 2. The van der Waals surface area contributed by atoms with Crippen LogP contribution in [0.4, 0.5) is 5.69 Å². The summed E-state index contributed by atoms with van der Waals surface area (Å²) < 4.78 is 0. The average Bonchev–Trinajstić information content (AvgIpc) is 2.67. The van der Waals surface area contributed by atoms with Crippen LogP contribution in [0.2, 0.25) is 10.0 Å². The second-order valence-electron chi connectivity index (χ2n) is 7.21. The zero-order valence-electron chi connectivity index (χ0n) is 15.9. The van der Waals surface area contributed by atoms with Gasteiger partial charge >= 0.3 is 0 Å². The van der Waals surface area contributed by atoms with Gasteiger partial charge < -0.3 is 15.6 Å². The van der Waals surface area contributed by atoms with Crippen molar-refractivity contribution in [2.24, 2.45) is 10.9 Å². The quantitative estimate of drug-likeness (QED) is 0.670. The van der Waals surface area contributed by atoms with E-state index in [0.29, 0.717) is 15.8 Å². The lowest BCUT2D eigenvalue weighted by atomic mass is 9.89. The smallest absolute Gasteiger partial charge is 0.150 e. The van der Waals surface area contributed by atoms with Crippen molar-refractivity contribution in [2.45, 2.75) is 39.0 Å². The number of aliphatic imine (C=N–C) groups is 1. The number of piperazine rings is 1. The molecule has 0 spiro atoms. The van der Waals surface area contributed by atoms with Gasteiger partial charge in [-0.15, -0.1) is 0 Å². The first-order valence-corrected chi connectivity index (χ1v) is 10.6. The summed E-state index contributed by atoms with van der Waals surface area (Å²) in [5, 5.41) is 13.4. The molecule has 1 fully saturated rings. The van der Waals surface area contributed by atoms with Gasteiger partial charge in [0.25, 0.3) is 0 Å². The van der Waals surface area contributed by atoms with E-state index in [1.807, 2.05) is 12.1 Å². The van der Waals surface area contributed by atoms with Crippen LogP contribution in [-0.4, -0.2) is 42.6 Å². The first-order valence-electron chi connectivity index (χ1n) is 9.86. The molecule has 0 saturated carbocycles. The molecule has 1 aromatic rings. The first-order chi connectivity index (χ1) is 13.1. The number of aryl methyl sites for hydroxylation is 1. The summed E-state index contributed by atoms with van der Waals surface area (Å²) in [4.78, 5) is 7.16. The molecule has 6 heteroatoms. The molecule has 0 aromatic heterocycles. The molecule has 1 atom stereocenters. The molecule has 2 heterocycles. The van der Waals surface area contributed by atoms with Crippen LogP contribution in [0, 0.1) is 11.3 Å². The molecular formula is C21H28Cl2N4. The van der Waals surface area contributed by atoms with E-state index in [1.165, 1.54) is 0 Å². The molecule has 0 radical (unpaired) electrons. The lowest BCUT2D eigenvalue weighted by molar-refractivity contribution is 0.359. The molecule has 0 bridgehead atoms. The summed E-state index contributed by atoms with van der Waals surface area (Å²) in [6.07, 6.45) is 9.38. The van der Waals surface area contributed by atoms with Crippen LogP contribution in [0.1, 0.15) is 38.2 Å². The Bertz CT molecular complexity index is 736. The summed E-state index contributed by atoms with van der Waals surface area (Å²) in [7, 11) is 0. The Labute approximate surface area is 172 Å². The Morgan fingerprint density at radius 2 is 1.96 bits per heavy atom. The first kappa shape index (κ1) is 20.4. The third kappa shape index (κ3) is 5.13. The average molecular weight is 407 g/mol. The zero-order chi connectivity index (χ0) is 19.2. The molecule has 2 aliphatic rings. The van der Waals surface area contributed by atoms with Crippen LogP contribution in [0.5, 0.6) is 0 Å². The minimum absolute atomic E-state index is 0.175. The van der Waals surface area contributed by atoms with Gasteiger partial charge in [0, 0.05) is 32.1 Å².